The number of hydrogen-bond donors (Lipinski definition) is 1. The van der Waals surface area contributed by atoms with Gasteiger partial charge in [-0.15, -0.1) is 0 Å². The molecule has 4 nitrogen and oxygen atoms in total. The molecule has 0 bridgehead atoms. The number of aryl methyl sites for hydroxylation is 2. The number of imidazole rings is 1. The van der Waals surface area contributed by atoms with E-state index in [4.69, 9.17) is 5.11 Å². The minimum absolute atomic E-state index is 0.278. The number of nitrogens with zero attached hydrogens (tertiary/aromatic N) is 3. The predicted molar refractivity (Wildman–Crippen MR) is 63.3 cm³/mol. The number of aromatic nitrogens is 2. The highest BCUT2D eigenvalue weighted by molar-refractivity contribution is 4.89. The van der Waals surface area contributed by atoms with E-state index >= 15 is 0 Å². The Morgan fingerprint density at radius 1 is 1.50 bits per heavy atom. The van der Waals surface area contributed by atoms with Crippen molar-refractivity contribution in [2.75, 3.05) is 19.7 Å². The number of hydrogen-bond acceptors (Lipinski definition) is 3. The Balaban J connectivity index is 1.71. The van der Waals surface area contributed by atoms with Gasteiger partial charge in [0.2, 0.25) is 0 Å². The molecule has 90 valence electrons. The number of aliphatic hydroxyl groups is 1. The van der Waals surface area contributed by atoms with Crippen LogP contribution in [0.15, 0.2) is 12.4 Å². The Bertz CT molecular complexity index is 320. The van der Waals surface area contributed by atoms with Gasteiger partial charge in [-0.2, -0.15) is 0 Å². The van der Waals surface area contributed by atoms with Crippen LogP contribution in [0.5, 0.6) is 0 Å². The first-order chi connectivity index (χ1) is 7.81. The molecule has 1 saturated carbocycles. The summed E-state index contributed by atoms with van der Waals surface area (Å²) in [6.45, 7) is 5.25. The largest absolute Gasteiger partial charge is 0.395 e. The van der Waals surface area contributed by atoms with Crippen LogP contribution in [0.1, 0.15) is 25.1 Å². The zero-order valence-electron chi connectivity index (χ0n) is 9.97. The minimum atomic E-state index is 0.278. The molecule has 1 fully saturated rings. The standard InChI is InChI=1S/C12H21N3O/c1-11-13-5-8-14(11)6-2-7-15(9-10-16)12-3-4-12/h5,8,12,16H,2-4,6-7,9-10H2,1H3. The van der Waals surface area contributed by atoms with E-state index in [9.17, 15) is 0 Å². The normalized spacial score (nSPS) is 15.9. The highest BCUT2D eigenvalue weighted by Crippen LogP contribution is 2.26. The molecule has 1 aromatic rings. The third-order valence-electron chi connectivity index (χ3n) is 3.22. The van der Waals surface area contributed by atoms with Gasteiger partial charge in [0.25, 0.3) is 0 Å². The zero-order valence-corrected chi connectivity index (χ0v) is 9.97. The van der Waals surface area contributed by atoms with Crippen LogP contribution >= 0.6 is 0 Å². The maximum absolute atomic E-state index is 8.98. The average Bonchev–Trinajstić information content (AvgIpc) is 3.03. The fraction of sp³-hybridized carbons (Fsp3) is 0.750. The van der Waals surface area contributed by atoms with Crippen LogP contribution in [-0.2, 0) is 6.54 Å². The Labute approximate surface area is 96.9 Å². The summed E-state index contributed by atoms with van der Waals surface area (Å²) in [6.07, 6.45) is 7.63. The van der Waals surface area contributed by atoms with E-state index in [0.29, 0.717) is 0 Å². The molecule has 1 aliphatic carbocycles. The van der Waals surface area contributed by atoms with Crippen molar-refractivity contribution in [2.45, 2.75) is 38.8 Å². The van der Waals surface area contributed by atoms with Crippen LogP contribution in [0.2, 0.25) is 0 Å². The molecule has 0 spiro atoms. The Hall–Kier alpha value is -0.870. The van der Waals surface area contributed by atoms with Gasteiger partial charge >= 0.3 is 0 Å². The molecular weight excluding hydrogens is 202 g/mol. The monoisotopic (exact) mass is 223 g/mol. The Morgan fingerprint density at radius 3 is 2.88 bits per heavy atom. The molecular formula is C12H21N3O. The van der Waals surface area contributed by atoms with E-state index in [1.807, 2.05) is 19.3 Å². The lowest BCUT2D eigenvalue weighted by Crippen LogP contribution is -2.30. The van der Waals surface area contributed by atoms with Gasteiger partial charge in [0.05, 0.1) is 6.61 Å². The first-order valence-electron chi connectivity index (χ1n) is 6.14. The molecule has 2 rings (SSSR count). The van der Waals surface area contributed by atoms with Gasteiger partial charge in [0.15, 0.2) is 0 Å². The van der Waals surface area contributed by atoms with Crippen LogP contribution < -0.4 is 0 Å². The smallest absolute Gasteiger partial charge is 0.105 e. The third-order valence-corrected chi connectivity index (χ3v) is 3.22. The Kier molecular flexibility index (Phi) is 3.96. The van der Waals surface area contributed by atoms with E-state index in [2.05, 4.69) is 14.5 Å². The van der Waals surface area contributed by atoms with Crippen LogP contribution in [0.3, 0.4) is 0 Å². The summed E-state index contributed by atoms with van der Waals surface area (Å²) >= 11 is 0. The van der Waals surface area contributed by atoms with Crippen molar-refractivity contribution < 1.29 is 5.11 Å². The highest BCUT2D eigenvalue weighted by Gasteiger charge is 2.27. The molecule has 0 unspecified atom stereocenters. The lowest BCUT2D eigenvalue weighted by atomic mass is 10.3. The van der Waals surface area contributed by atoms with Gasteiger partial charge in [-0.25, -0.2) is 4.98 Å². The van der Waals surface area contributed by atoms with E-state index in [1.165, 1.54) is 12.8 Å². The highest BCUT2D eigenvalue weighted by atomic mass is 16.3. The second kappa shape index (κ2) is 5.46. The van der Waals surface area contributed by atoms with Gasteiger partial charge in [0.1, 0.15) is 5.82 Å². The zero-order chi connectivity index (χ0) is 11.4. The van der Waals surface area contributed by atoms with Gasteiger partial charge < -0.3 is 9.67 Å². The van der Waals surface area contributed by atoms with Crippen molar-refractivity contribution in [1.29, 1.82) is 0 Å². The van der Waals surface area contributed by atoms with Crippen LogP contribution in [-0.4, -0.2) is 45.3 Å². The van der Waals surface area contributed by atoms with Crippen molar-refractivity contribution in [3.63, 3.8) is 0 Å². The van der Waals surface area contributed by atoms with Crippen molar-refractivity contribution >= 4 is 0 Å². The van der Waals surface area contributed by atoms with E-state index in [1.54, 1.807) is 0 Å². The summed E-state index contributed by atoms with van der Waals surface area (Å²) in [6, 6.07) is 0.746. The fourth-order valence-electron chi connectivity index (χ4n) is 2.13. The molecule has 0 atom stereocenters. The summed E-state index contributed by atoms with van der Waals surface area (Å²) in [4.78, 5) is 6.62. The molecule has 0 aliphatic heterocycles. The maximum Gasteiger partial charge on any atom is 0.105 e. The molecule has 0 saturated heterocycles. The van der Waals surface area contributed by atoms with Gasteiger partial charge in [-0.3, -0.25) is 4.90 Å². The maximum atomic E-state index is 8.98. The van der Waals surface area contributed by atoms with Crippen LogP contribution in [0, 0.1) is 6.92 Å². The lowest BCUT2D eigenvalue weighted by molar-refractivity contribution is 0.185. The van der Waals surface area contributed by atoms with Crippen LogP contribution in [0.25, 0.3) is 0 Å². The van der Waals surface area contributed by atoms with Crippen molar-refractivity contribution in [3.8, 4) is 0 Å². The molecule has 1 aliphatic rings. The number of rotatable bonds is 7. The van der Waals surface area contributed by atoms with E-state index in [-0.39, 0.29) is 6.61 Å². The van der Waals surface area contributed by atoms with Gasteiger partial charge in [-0.1, -0.05) is 0 Å². The first kappa shape index (κ1) is 11.6. The van der Waals surface area contributed by atoms with Crippen molar-refractivity contribution in [3.05, 3.63) is 18.2 Å². The van der Waals surface area contributed by atoms with Gasteiger partial charge in [-0.05, 0) is 26.2 Å². The van der Waals surface area contributed by atoms with Crippen molar-refractivity contribution in [2.24, 2.45) is 0 Å². The van der Waals surface area contributed by atoms with Crippen LogP contribution in [0.4, 0.5) is 0 Å². The SMILES string of the molecule is Cc1nccn1CCCN(CCO)C1CC1. The average molecular weight is 223 g/mol. The second-order valence-electron chi connectivity index (χ2n) is 4.51. The molecule has 16 heavy (non-hydrogen) atoms. The Morgan fingerprint density at radius 2 is 2.31 bits per heavy atom. The summed E-state index contributed by atoms with van der Waals surface area (Å²) < 4.78 is 2.18. The third kappa shape index (κ3) is 3.06. The lowest BCUT2D eigenvalue weighted by Gasteiger charge is -2.20. The first-order valence-corrected chi connectivity index (χ1v) is 6.14. The fourth-order valence-corrected chi connectivity index (χ4v) is 2.13. The summed E-state index contributed by atoms with van der Waals surface area (Å²) in [5.74, 6) is 1.08. The molecule has 1 aromatic heterocycles. The molecule has 0 aromatic carbocycles. The van der Waals surface area contributed by atoms with E-state index in [0.717, 1.165) is 37.9 Å². The van der Waals surface area contributed by atoms with Crippen molar-refractivity contribution in [1.82, 2.24) is 14.5 Å². The molecule has 1 heterocycles. The summed E-state index contributed by atoms with van der Waals surface area (Å²) in [5, 5.41) is 8.98. The number of aliphatic hydroxyl groups excluding tert-OH is 1. The second-order valence-corrected chi connectivity index (χ2v) is 4.51. The summed E-state index contributed by atoms with van der Waals surface area (Å²) in [7, 11) is 0. The minimum Gasteiger partial charge on any atom is -0.395 e. The molecule has 1 N–H and O–H groups in total. The van der Waals surface area contributed by atoms with Gasteiger partial charge in [0, 0.05) is 38.1 Å². The topological polar surface area (TPSA) is 41.3 Å². The molecule has 4 heteroatoms. The predicted octanol–water partition coefficient (Wildman–Crippen LogP) is 1.04. The van der Waals surface area contributed by atoms with E-state index < -0.39 is 0 Å². The quantitative estimate of drug-likeness (QED) is 0.751. The molecule has 0 radical (unpaired) electrons. The molecule has 0 amide bonds. The summed E-state index contributed by atoms with van der Waals surface area (Å²) in [5.41, 5.74) is 0.